The molecule has 0 aromatic carbocycles. The molecule has 14 heavy (non-hydrogen) atoms. The van der Waals surface area contributed by atoms with Crippen molar-refractivity contribution < 1.29 is 0 Å². The monoisotopic (exact) mass is 187 g/mol. The molecule has 3 heteroatoms. The number of nitrogens with zero attached hydrogens (tertiary/aromatic N) is 2. The van der Waals surface area contributed by atoms with Crippen LogP contribution in [0.1, 0.15) is 24.7 Å². The highest BCUT2D eigenvalue weighted by Gasteiger charge is 2.19. The van der Waals surface area contributed by atoms with Gasteiger partial charge >= 0.3 is 0 Å². The molecule has 1 N–H and O–H groups in total. The Morgan fingerprint density at radius 2 is 2.43 bits per heavy atom. The molecule has 0 amide bonds. The summed E-state index contributed by atoms with van der Waals surface area (Å²) in [5.74, 6) is 1.15. The van der Waals surface area contributed by atoms with E-state index in [0.29, 0.717) is 6.04 Å². The summed E-state index contributed by atoms with van der Waals surface area (Å²) in [6, 6.07) is 6.63. The smallest absolute Gasteiger partial charge is 0.130 e. The molecule has 0 saturated carbocycles. The van der Waals surface area contributed by atoms with Gasteiger partial charge in [0.2, 0.25) is 0 Å². The Morgan fingerprint density at radius 3 is 3.29 bits per heavy atom. The summed E-state index contributed by atoms with van der Waals surface area (Å²) in [5.41, 5.74) is 1.18. The van der Waals surface area contributed by atoms with Crippen molar-refractivity contribution in [2.45, 2.75) is 18.9 Å². The van der Waals surface area contributed by atoms with E-state index in [4.69, 9.17) is 0 Å². The molecule has 0 bridgehead atoms. The van der Waals surface area contributed by atoms with E-state index in [9.17, 15) is 0 Å². The van der Waals surface area contributed by atoms with E-state index in [-0.39, 0.29) is 0 Å². The van der Waals surface area contributed by atoms with Gasteiger partial charge in [0, 0.05) is 6.20 Å². The molecule has 2 aromatic heterocycles. The van der Waals surface area contributed by atoms with Gasteiger partial charge < -0.3 is 9.72 Å². The molecule has 1 aliphatic heterocycles. The van der Waals surface area contributed by atoms with E-state index in [0.717, 1.165) is 12.4 Å². The van der Waals surface area contributed by atoms with Crippen molar-refractivity contribution in [3.63, 3.8) is 0 Å². The second kappa shape index (κ2) is 3.10. The van der Waals surface area contributed by atoms with Crippen LogP contribution in [0, 0.1) is 0 Å². The van der Waals surface area contributed by atoms with Crippen LogP contribution >= 0.6 is 0 Å². The molecule has 2 aromatic rings. The number of rotatable bonds is 1. The fraction of sp³-hybridized carbons (Fsp3) is 0.364. The molecule has 1 aliphatic rings. The van der Waals surface area contributed by atoms with Crippen molar-refractivity contribution in [3.05, 3.63) is 36.4 Å². The Kier molecular flexibility index (Phi) is 1.77. The Hall–Kier alpha value is -1.35. The van der Waals surface area contributed by atoms with E-state index in [2.05, 4.69) is 27.0 Å². The molecule has 72 valence electrons. The van der Waals surface area contributed by atoms with Crippen LogP contribution in [0.3, 0.4) is 0 Å². The van der Waals surface area contributed by atoms with E-state index >= 15 is 0 Å². The summed E-state index contributed by atoms with van der Waals surface area (Å²) in [6.07, 6.45) is 6.48. The molecule has 1 unspecified atom stereocenters. The lowest BCUT2D eigenvalue weighted by Crippen LogP contribution is -2.15. The van der Waals surface area contributed by atoms with Gasteiger partial charge in [-0.3, -0.25) is 0 Å². The van der Waals surface area contributed by atoms with Crippen molar-refractivity contribution in [2.24, 2.45) is 0 Å². The Morgan fingerprint density at radius 1 is 1.43 bits per heavy atom. The maximum Gasteiger partial charge on any atom is 0.130 e. The number of fused-ring (bicyclic) bond motifs is 1. The van der Waals surface area contributed by atoms with Crippen LogP contribution in [0.5, 0.6) is 0 Å². The molecule has 1 saturated heterocycles. The van der Waals surface area contributed by atoms with Crippen LogP contribution in [0.15, 0.2) is 30.6 Å². The number of aromatic nitrogens is 2. The van der Waals surface area contributed by atoms with Crippen LogP contribution in [0.25, 0.3) is 5.52 Å². The van der Waals surface area contributed by atoms with E-state index in [1.165, 1.54) is 18.4 Å². The van der Waals surface area contributed by atoms with E-state index < -0.39 is 0 Å². The lowest BCUT2D eigenvalue weighted by atomic mass is 10.2. The SMILES string of the molecule is c1ccn2c(C3CCCN3)ncc2c1. The van der Waals surface area contributed by atoms with Crippen LogP contribution < -0.4 is 5.32 Å². The van der Waals surface area contributed by atoms with Gasteiger partial charge in [0.25, 0.3) is 0 Å². The average Bonchev–Trinajstić information content (AvgIpc) is 2.85. The van der Waals surface area contributed by atoms with Gasteiger partial charge in [0.05, 0.1) is 17.8 Å². The minimum Gasteiger partial charge on any atom is -0.307 e. The van der Waals surface area contributed by atoms with Crippen LogP contribution in [0.4, 0.5) is 0 Å². The molecule has 3 rings (SSSR count). The number of hydrogen-bond acceptors (Lipinski definition) is 2. The summed E-state index contributed by atoms with van der Waals surface area (Å²) in [6.45, 7) is 1.12. The topological polar surface area (TPSA) is 29.3 Å². The molecule has 0 radical (unpaired) electrons. The largest absolute Gasteiger partial charge is 0.307 e. The zero-order valence-electron chi connectivity index (χ0n) is 7.98. The maximum atomic E-state index is 4.48. The van der Waals surface area contributed by atoms with Gasteiger partial charge in [-0.15, -0.1) is 0 Å². The zero-order valence-corrected chi connectivity index (χ0v) is 7.98. The van der Waals surface area contributed by atoms with Crippen LogP contribution in [-0.4, -0.2) is 15.9 Å². The standard InChI is InChI=1S/C11H13N3/c1-2-7-14-9(4-1)8-13-11(14)10-5-3-6-12-10/h1-2,4,7-8,10,12H,3,5-6H2. The summed E-state index contributed by atoms with van der Waals surface area (Å²) >= 11 is 0. The third-order valence-corrected chi connectivity index (χ3v) is 2.84. The Balaban J connectivity index is 2.11. The molecular weight excluding hydrogens is 174 g/mol. The molecule has 1 atom stereocenters. The van der Waals surface area contributed by atoms with Gasteiger partial charge in [0.1, 0.15) is 5.82 Å². The van der Waals surface area contributed by atoms with Crippen molar-refractivity contribution in [2.75, 3.05) is 6.54 Å². The highest BCUT2D eigenvalue weighted by molar-refractivity contribution is 5.45. The summed E-state index contributed by atoms with van der Waals surface area (Å²) < 4.78 is 2.17. The lowest BCUT2D eigenvalue weighted by molar-refractivity contribution is 0.602. The highest BCUT2D eigenvalue weighted by atomic mass is 15.1. The quantitative estimate of drug-likeness (QED) is 0.737. The van der Waals surface area contributed by atoms with Gasteiger partial charge in [0.15, 0.2) is 0 Å². The highest BCUT2D eigenvalue weighted by Crippen LogP contribution is 2.22. The van der Waals surface area contributed by atoms with Crippen LogP contribution in [0.2, 0.25) is 0 Å². The fourth-order valence-electron chi connectivity index (χ4n) is 2.13. The molecule has 0 aliphatic carbocycles. The van der Waals surface area contributed by atoms with Crippen LogP contribution in [-0.2, 0) is 0 Å². The number of pyridine rings is 1. The minimum atomic E-state index is 0.444. The third-order valence-electron chi connectivity index (χ3n) is 2.84. The third kappa shape index (κ3) is 1.13. The molecule has 1 fully saturated rings. The second-order valence-electron chi connectivity index (χ2n) is 3.76. The summed E-state index contributed by atoms with van der Waals surface area (Å²) in [7, 11) is 0. The Labute approximate surface area is 82.8 Å². The predicted molar refractivity (Wildman–Crippen MR) is 55.2 cm³/mol. The molecule has 3 nitrogen and oxygen atoms in total. The number of imidazole rings is 1. The van der Waals surface area contributed by atoms with Gasteiger partial charge in [-0.05, 0) is 31.5 Å². The molecule has 0 spiro atoms. The first-order valence-electron chi connectivity index (χ1n) is 5.10. The van der Waals surface area contributed by atoms with Gasteiger partial charge in [-0.1, -0.05) is 6.07 Å². The second-order valence-corrected chi connectivity index (χ2v) is 3.76. The van der Waals surface area contributed by atoms with Crippen molar-refractivity contribution >= 4 is 5.52 Å². The van der Waals surface area contributed by atoms with Crippen molar-refractivity contribution in [1.29, 1.82) is 0 Å². The molecule has 3 heterocycles. The van der Waals surface area contributed by atoms with Crippen molar-refractivity contribution in [3.8, 4) is 0 Å². The lowest BCUT2D eigenvalue weighted by Gasteiger charge is -2.08. The van der Waals surface area contributed by atoms with E-state index in [1.807, 2.05) is 18.3 Å². The molecular formula is C11H13N3. The predicted octanol–water partition coefficient (Wildman–Crippen LogP) is 1.76. The van der Waals surface area contributed by atoms with Gasteiger partial charge in [-0.2, -0.15) is 0 Å². The average molecular weight is 187 g/mol. The minimum absolute atomic E-state index is 0.444. The van der Waals surface area contributed by atoms with Gasteiger partial charge in [-0.25, -0.2) is 4.98 Å². The van der Waals surface area contributed by atoms with Crippen molar-refractivity contribution in [1.82, 2.24) is 14.7 Å². The Bertz CT molecular complexity index is 440. The number of hydrogen-bond donors (Lipinski definition) is 1. The first-order valence-corrected chi connectivity index (χ1v) is 5.10. The fourth-order valence-corrected chi connectivity index (χ4v) is 2.13. The first kappa shape index (κ1) is 8.00. The van der Waals surface area contributed by atoms with E-state index in [1.54, 1.807) is 0 Å². The zero-order chi connectivity index (χ0) is 9.38. The normalized spacial score (nSPS) is 21.9. The first-order chi connectivity index (χ1) is 6.95. The maximum absolute atomic E-state index is 4.48. The summed E-state index contributed by atoms with van der Waals surface area (Å²) in [5, 5.41) is 3.47. The number of nitrogens with one attached hydrogen (secondary N) is 1. The summed E-state index contributed by atoms with van der Waals surface area (Å²) in [4.78, 5) is 4.48.